The molecule has 0 fully saturated rings. The van der Waals surface area contributed by atoms with Gasteiger partial charge in [-0.2, -0.15) is 4.57 Å². The van der Waals surface area contributed by atoms with Crippen LogP contribution in [0.1, 0.15) is 10.4 Å². The van der Waals surface area contributed by atoms with Gasteiger partial charge in [0.05, 0.1) is 15.4 Å². The number of non-ortho nitro benzene ring substituents is 1. The molecule has 0 aliphatic heterocycles. The second kappa shape index (κ2) is 6.59. The Morgan fingerprint density at radius 1 is 1.05 bits per heavy atom. The first kappa shape index (κ1) is 17.0. The number of primary amides is 1. The topological polar surface area (TPSA) is 133 Å². The standard InChI is InChI=1S/C12H8N4O5.ClH/c13-12(17)8-3-5-14(6-4-8)10-2-1-9(15(18)19)7-11(10)16(20)21;/h1-7H,(H-,13,17);1H. The van der Waals surface area contributed by atoms with Crippen molar-refractivity contribution in [3.8, 4) is 5.69 Å². The van der Waals surface area contributed by atoms with Crippen LogP contribution in [-0.2, 0) is 0 Å². The maximum absolute atomic E-state index is 11.0. The summed E-state index contributed by atoms with van der Waals surface area (Å²) in [7, 11) is 0. The van der Waals surface area contributed by atoms with E-state index < -0.39 is 21.4 Å². The van der Waals surface area contributed by atoms with Gasteiger partial charge in [0, 0.05) is 24.3 Å². The highest BCUT2D eigenvalue weighted by atomic mass is 35.5. The van der Waals surface area contributed by atoms with Gasteiger partial charge in [-0.15, -0.1) is 0 Å². The Morgan fingerprint density at radius 3 is 2.09 bits per heavy atom. The number of rotatable bonds is 4. The molecule has 0 radical (unpaired) electrons. The summed E-state index contributed by atoms with van der Waals surface area (Å²) in [6, 6.07) is 6.10. The molecular formula is C12H9ClN4O5. The Kier molecular flexibility index (Phi) is 5.09. The molecular weight excluding hydrogens is 316 g/mol. The quantitative estimate of drug-likeness (QED) is 0.390. The molecule has 2 aromatic rings. The SMILES string of the molecule is NC(=O)c1cc[n+](-c2ccc([N+](=O)[O-])cc2[N+](=O)[O-])cc1.[Cl-]. The number of hydrogen-bond donors (Lipinski definition) is 1. The lowest BCUT2D eigenvalue weighted by Gasteiger charge is -1.99. The van der Waals surface area contributed by atoms with E-state index in [9.17, 15) is 25.0 Å². The minimum absolute atomic E-state index is 0. The minimum atomic E-state index is -0.711. The van der Waals surface area contributed by atoms with E-state index in [0.717, 1.165) is 12.1 Å². The Balaban J connectivity index is 0.00000242. The summed E-state index contributed by atoms with van der Waals surface area (Å²) in [6.07, 6.45) is 2.82. The van der Waals surface area contributed by atoms with Gasteiger partial charge in [-0.3, -0.25) is 25.0 Å². The van der Waals surface area contributed by atoms with E-state index in [0.29, 0.717) is 0 Å². The molecule has 1 heterocycles. The summed E-state index contributed by atoms with van der Waals surface area (Å²) in [6.45, 7) is 0. The summed E-state index contributed by atoms with van der Waals surface area (Å²) in [5, 5.41) is 21.7. The van der Waals surface area contributed by atoms with E-state index in [2.05, 4.69) is 0 Å². The number of nitro groups is 2. The van der Waals surface area contributed by atoms with Gasteiger partial charge >= 0.3 is 5.69 Å². The maximum Gasteiger partial charge on any atom is 0.347 e. The van der Waals surface area contributed by atoms with Gasteiger partial charge in [-0.1, -0.05) is 0 Å². The first-order chi connectivity index (χ1) is 9.90. The third-order valence-corrected chi connectivity index (χ3v) is 2.76. The zero-order chi connectivity index (χ0) is 15.6. The molecule has 0 aliphatic carbocycles. The molecule has 0 saturated carbocycles. The highest BCUT2D eigenvalue weighted by molar-refractivity contribution is 5.92. The van der Waals surface area contributed by atoms with Crippen LogP contribution in [0.15, 0.2) is 42.7 Å². The van der Waals surface area contributed by atoms with Crippen LogP contribution in [0.2, 0.25) is 0 Å². The molecule has 1 aromatic heterocycles. The summed E-state index contributed by atoms with van der Waals surface area (Å²) in [4.78, 5) is 31.3. The number of nitrogens with zero attached hydrogens (tertiary/aromatic N) is 3. The molecule has 1 aromatic carbocycles. The molecule has 2 rings (SSSR count). The third-order valence-electron chi connectivity index (χ3n) is 2.76. The molecule has 0 saturated heterocycles. The highest BCUT2D eigenvalue weighted by Gasteiger charge is 2.26. The van der Waals surface area contributed by atoms with Crippen molar-refractivity contribution in [1.29, 1.82) is 0 Å². The van der Waals surface area contributed by atoms with Crippen LogP contribution in [0.25, 0.3) is 5.69 Å². The number of carbonyl (C=O) groups excluding carboxylic acids is 1. The number of carbonyl (C=O) groups is 1. The molecule has 9 nitrogen and oxygen atoms in total. The number of nitrogens with two attached hydrogens (primary N) is 1. The van der Waals surface area contributed by atoms with E-state index in [1.54, 1.807) is 0 Å². The number of aromatic nitrogens is 1. The van der Waals surface area contributed by atoms with Crippen LogP contribution >= 0.6 is 0 Å². The lowest BCUT2D eigenvalue weighted by Crippen LogP contribution is -3.00. The average molecular weight is 325 g/mol. The number of pyridine rings is 1. The van der Waals surface area contributed by atoms with Crippen molar-refractivity contribution < 1.29 is 31.6 Å². The van der Waals surface area contributed by atoms with Crippen molar-refractivity contribution in [2.24, 2.45) is 5.73 Å². The molecule has 0 atom stereocenters. The van der Waals surface area contributed by atoms with Gasteiger partial charge in [0.2, 0.25) is 5.91 Å². The van der Waals surface area contributed by atoms with Gasteiger partial charge in [0.15, 0.2) is 12.4 Å². The molecule has 0 spiro atoms. The Bertz CT molecular complexity index is 748. The lowest BCUT2D eigenvalue weighted by molar-refractivity contribution is -0.601. The van der Waals surface area contributed by atoms with Gasteiger partial charge < -0.3 is 18.1 Å². The van der Waals surface area contributed by atoms with Crippen molar-refractivity contribution in [1.82, 2.24) is 0 Å². The fourth-order valence-electron chi connectivity index (χ4n) is 1.74. The lowest BCUT2D eigenvalue weighted by atomic mass is 10.2. The second-order valence-corrected chi connectivity index (χ2v) is 4.05. The largest absolute Gasteiger partial charge is 1.00 e. The summed E-state index contributed by atoms with van der Waals surface area (Å²) < 4.78 is 1.37. The van der Waals surface area contributed by atoms with Crippen molar-refractivity contribution in [3.63, 3.8) is 0 Å². The van der Waals surface area contributed by atoms with Crippen LogP contribution < -0.4 is 22.7 Å². The molecule has 2 N–H and O–H groups in total. The Hall–Kier alpha value is -3.07. The molecule has 0 aliphatic rings. The van der Waals surface area contributed by atoms with E-state index >= 15 is 0 Å². The molecule has 1 amide bonds. The van der Waals surface area contributed by atoms with Crippen LogP contribution in [0.4, 0.5) is 11.4 Å². The number of nitro benzene ring substituents is 2. The first-order valence-corrected chi connectivity index (χ1v) is 5.64. The normalized spacial score (nSPS) is 9.64. The van der Waals surface area contributed by atoms with E-state index in [4.69, 9.17) is 5.73 Å². The van der Waals surface area contributed by atoms with Gasteiger partial charge in [0.25, 0.3) is 11.4 Å². The van der Waals surface area contributed by atoms with Crippen molar-refractivity contribution >= 4 is 17.3 Å². The number of halogens is 1. The average Bonchev–Trinajstić information content (AvgIpc) is 2.46. The van der Waals surface area contributed by atoms with Crippen LogP contribution in [-0.4, -0.2) is 15.8 Å². The molecule has 22 heavy (non-hydrogen) atoms. The van der Waals surface area contributed by atoms with Crippen LogP contribution in [0.3, 0.4) is 0 Å². The van der Waals surface area contributed by atoms with E-state index in [1.807, 2.05) is 0 Å². The zero-order valence-corrected chi connectivity index (χ0v) is 11.6. The Morgan fingerprint density at radius 2 is 1.64 bits per heavy atom. The first-order valence-electron chi connectivity index (χ1n) is 5.64. The third kappa shape index (κ3) is 3.33. The number of benzene rings is 1. The van der Waals surface area contributed by atoms with Crippen LogP contribution in [0, 0.1) is 20.2 Å². The Labute approximate surface area is 129 Å². The van der Waals surface area contributed by atoms with Crippen molar-refractivity contribution in [2.75, 3.05) is 0 Å². The van der Waals surface area contributed by atoms with Gasteiger partial charge in [0.1, 0.15) is 6.07 Å². The summed E-state index contributed by atoms with van der Waals surface area (Å²) in [5.74, 6) is -0.625. The van der Waals surface area contributed by atoms with E-state index in [-0.39, 0.29) is 29.3 Å². The van der Waals surface area contributed by atoms with Crippen molar-refractivity contribution in [3.05, 3.63) is 68.5 Å². The van der Waals surface area contributed by atoms with Gasteiger partial charge in [-0.25, -0.2) is 0 Å². The van der Waals surface area contributed by atoms with E-state index in [1.165, 1.54) is 35.2 Å². The minimum Gasteiger partial charge on any atom is -1.00 e. The van der Waals surface area contributed by atoms with Crippen molar-refractivity contribution in [2.45, 2.75) is 0 Å². The molecule has 0 unspecified atom stereocenters. The fraction of sp³-hybridized carbons (Fsp3) is 0. The predicted molar refractivity (Wildman–Crippen MR) is 69.8 cm³/mol. The number of amides is 1. The smallest absolute Gasteiger partial charge is 0.347 e. The molecule has 0 bridgehead atoms. The zero-order valence-electron chi connectivity index (χ0n) is 10.9. The second-order valence-electron chi connectivity index (χ2n) is 4.05. The van der Waals surface area contributed by atoms with Gasteiger partial charge in [-0.05, 0) is 0 Å². The monoisotopic (exact) mass is 324 g/mol. The fourth-order valence-corrected chi connectivity index (χ4v) is 1.74. The van der Waals surface area contributed by atoms with Crippen LogP contribution in [0.5, 0.6) is 0 Å². The summed E-state index contributed by atoms with van der Waals surface area (Å²) >= 11 is 0. The predicted octanol–water partition coefficient (Wildman–Crippen LogP) is -2.12. The number of hydrogen-bond acceptors (Lipinski definition) is 5. The molecule has 114 valence electrons. The molecule has 10 heteroatoms. The maximum atomic E-state index is 11.0. The highest BCUT2D eigenvalue weighted by Crippen LogP contribution is 2.24. The summed E-state index contributed by atoms with van der Waals surface area (Å²) in [5.41, 5.74) is 4.70.